The third-order valence-electron chi connectivity index (χ3n) is 1.51. The standard InChI is InChI=1S/C7H11Br/c1-6-3-2-4-7(8)5-6/h2,4,6-7H,3,5H2,1H3. The molecule has 0 radical (unpaired) electrons. The molecule has 0 fully saturated rings. The van der Waals surface area contributed by atoms with Gasteiger partial charge in [-0.1, -0.05) is 35.0 Å². The Morgan fingerprint density at radius 1 is 1.62 bits per heavy atom. The first kappa shape index (κ1) is 6.34. The summed E-state index contributed by atoms with van der Waals surface area (Å²) < 4.78 is 0. The van der Waals surface area contributed by atoms with E-state index in [0.717, 1.165) is 5.92 Å². The summed E-state index contributed by atoms with van der Waals surface area (Å²) in [6, 6.07) is 0. The summed E-state index contributed by atoms with van der Waals surface area (Å²) in [5.41, 5.74) is 0. The summed E-state index contributed by atoms with van der Waals surface area (Å²) in [6.07, 6.45) is 7.06. The molecule has 1 aliphatic carbocycles. The van der Waals surface area contributed by atoms with Crippen molar-refractivity contribution in [2.45, 2.75) is 24.6 Å². The molecule has 0 N–H and O–H groups in total. The number of allylic oxidation sites excluding steroid dienone is 2. The second-order valence-electron chi connectivity index (χ2n) is 2.52. The predicted octanol–water partition coefficient (Wildman–Crippen LogP) is 2.74. The maximum Gasteiger partial charge on any atom is 0.0328 e. The summed E-state index contributed by atoms with van der Waals surface area (Å²) in [5.74, 6) is 0.879. The second-order valence-corrected chi connectivity index (χ2v) is 3.70. The normalized spacial score (nSPS) is 37.8. The SMILES string of the molecule is CC1CC=CC(Br)C1. The quantitative estimate of drug-likeness (QED) is 0.392. The first-order valence-corrected chi connectivity index (χ1v) is 4.01. The minimum absolute atomic E-state index is 0.645. The van der Waals surface area contributed by atoms with E-state index >= 15 is 0 Å². The van der Waals surface area contributed by atoms with E-state index in [0.29, 0.717) is 4.83 Å². The molecule has 2 unspecified atom stereocenters. The summed E-state index contributed by atoms with van der Waals surface area (Å²) in [6.45, 7) is 2.29. The van der Waals surface area contributed by atoms with E-state index in [4.69, 9.17) is 0 Å². The van der Waals surface area contributed by atoms with Crippen molar-refractivity contribution in [2.75, 3.05) is 0 Å². The van der Waals surface area contributed by atoms with Crippen LogP contribution in [0.25, 0.3) is 0 Å². The van der Waals surface area contributed by atoms with Crippen LogP contribution >= 0.6 is 15.9 Å². The van der Waals surface area contributed by atoms with Gasteiger partial charge in [-0.25, -0.2) is 0 Å². The molecule has 0 spiro atoms. The molecule has 1 heteroatoms. The van der Waals surface area contributed by atoms with Crippen molar-refractivity contribution < 1.29 is 0 Å². The van der Waals surface area contributed by atoms with Crippen LogP contribution in [-0.2, 0) is 0 Å². The second kappa shape index (κ2) is 2.67. The van der Waals surface area contributed by atoms with Gasteiger partial charge in [0.05, 0.1) is 0 Å². The highest BCUT2D eigenvalue weighted by atomic mass is 79.9. The predicted molar refractivity (Wildman–Crippen MR) is 40.3 cm³/mol. The largest absolute Gasteiger partial charge is 0.0872 e. The van der Waals surface area contributed by atoms with Gasteiger partial charge in [-0.15, -0.1) is 0 Å². The molecule has 46 valence electrons. The molecule has 0 amide bonds. The van der Waals surface area contributed by atoms with Crippen LogP contribution in [0.3, 0.4) is 0 Å². The van der Waals surface area contributed by atoms with Crippen molar-refractivity contribution in [3.63, 3.8) is 0 Å². The average Bonchev–Trinajstić information content (AvgIpc) is 1.64. The van der Waals surface area contributed by atoms with Gasteiger partial charge in [-0.3, -0.25) is 0 Å². The van der Waals surface area contributed by atoms with Crippen LogP contribution in [0, 0.1) is 5.92 Å². The number of rotatable bonds is 0. The molecular weight excluding hydrogens is 164 g/mol. The Morgan fingerprint density at radius 3 is 2.75 bits per heavy atom. The zero-order chi connectivity index (χ0) is 5.98. The van der Waals surface area contributed by atoms with Gasteiger partial charge in [0, 0.05) is 4.83 Å². The molecule has 0 aromatic rings. The molecule has 0 heterocycles. The van der Waals surface area contributed by atoms with E-state index in [9.17, 15) is 0 Å². The molecule has 1 aliphatic rings. The van der Waals surface area contributed by atoms with Crippen LogP contribution in [0.5, 0.6) is 0 Å². The van der Waals surface area contributed by atoms with E-state index in [1.807, 2.05) is 0 Å². The Balaban J connectivity index is 2.42. The third kappa shape index (κ3) is 1.62. The molecule has 0 aromatic carbocycles. The number of hydrogen-bond donors (Lipinski definition) is 0. The molecule has 0 nitrogen and oxygen atoms in total. The molecule has 0 bridgehead atoms. The summed E-state index contributed by atoms with van der Waals surface area (Å²) in [5, 5.41) is 0. The summed E-state index contributed by atoms with van der Waals surface area (Å²) >= 11 is 3.54. The van der Waals surface area contributed by atoms with Crippen molar-refractivity contribution in [2.24, 2.45) is 5.92 Å². The lowest BCUT2D eigenvalue weighted by Gasteiger charge is -2.15. The Kier molecular flexibility index (Phi) is 2.12. The lowest BCUT2D eigenvalue weighted by atomic mass is 9.97. The van der Waals surface area contributed by atoms with Crippen LogP contribution in [0.15, 0.2) is 12.2 Å². The van der Waals surface area contributed by atoms with Crippen molar-refractivity contribution in [3.05, 3.63) is 12.2 Å². The minimum atomic E-state index is 0.645. The third-order valence-corrected chi connectivity index (χ3v) is 2.19. The van der Waals surface area contributed by atoms with Gasteiger partial charge >= 0.3 is 0 Å². The highest BCUT2D eigenvalue weighted by Crippen LogP contribution is 2.22. The molecular formula is C7H11Br. The number of hydrogen-bond acceptors (Lipinski definition) is 0. The topological polar surface area (TPSA) is 0 Å². The fourth-order valence-electron chi connectivity index (χ4n) is 1.02. The highest BCUT2D eigenvalue weighted by molar-refractivity contribution is 9.09. The van der Waals surface area contributed by atoms with Crippen LogP contribution in [0.4, 0.5) is 0 Å². The maximum atomic E-state index is 3.54. The number of halogens is 1. The molecule has 0 saturated heterocycles. The Morgan fingerprint density at radius 2 is 2.38 bits per heavy atom. The van der Waals surface area contributed by atoms with E-state index < -0.39 is 0 Å². The van der Waals surface area contributed by atoms with E-state index in [1.165, 1.54) is 12.8 Å². The first-order chi connectivity index (χ1) is 3.79. The summed E-state index contributed by atoms with van der Waals surface area (Å²) in [4.78, 5) is 0.645. The smallest absolute Gasteiger partial charge is 0.0328 e. The van der Waals surface area contributed by atoms with Gasteiger partial charge in [-0.05, 0) is 18.8 Å². The van der Waals surface area contributed by atoms with Gasteiger partial charge < -0.3 is 0 Å². The van der Waals surface area contributed by atoms with Crippen LogP contribution < -0.4 is 0 Å². The van der Waals surface area contributed by atoms with Gasteiger partial charge in [0.2, 0.25) is 0 Å². The Hall–Kier alpha value is 0.220. The highest BCUT2D eigenvalue weighted by Gasteiger charge is 2.09. The molecule has 2 atom stereocenters. The van der Waals surface area contributed by atoms with Gasteiger partial charge in [0.1, 0.15) is 0 Å². The van der Waals surface area contributed by atoms with Gasteiger partial charge in [0.25, 0.3) is 0 Å². The van der Waals surface area contributed by atoms with Crippen molar-refractivity contribution in [1.82, 2.24) is 0 Å². The molecule has 8 heavy (non-hydrogen) atoms. The zero-order valence-corrected chi connectivity index (χ0v) is 6.69. The molecule has 0 aliphatic heterocycles. The van der Waals surface area contributed by atoms with Crippen LogP contribution in [-0.4, -0.2) is 4.83 Å². The molecule has 1 rings (SSSR count). The fraction of sp³-hybridized carbons (Fsp3) is 0.714. The van der Waals surface area contributed by atoms with E-state index in [2.05, 4.69) is 35.0 Å². The van der Waals surface area contributed by atoms with Crippen molar-refractivity contribution in [3.8, 4) is 0 Å². The minimum Gasteiger partial charge on any atom is -0.0872 e. The van der Waals surface area contributed by atoms with Crippen LogP contribution in [0.1, 0.15) is 19.8 Å². The average molecular weight is 175 g/mol. The molecule has 0 aromatic heterocycles. The van der Waals surface area contributed by atoms with Gasteiger partial charge in [0.15, 0.2) is 0 Å². The Labute approximate surface area is 59.1 Å². The van der Waals surface area contributed by atoms with Crippen LogP contribution in [0.2, 0.25) is 0 Å². The zero-order valence-electron chi connectivity index (χ0n) is 5.10. The lowest BCUT2D eigenvalue weighted by molar-refractivity contribution is 0.537. The fourth-order valence-corrected chi connectivity index (χ4v) is 1.87. The van der Waals surface area contributed by atoms with Gasteiger partial charge in [-0.2, -0.15) is 0 Å². The van der Waals surface area contributed by atoms with Crippen molar-refractivity contribution >= 4 is 15.9 Å². The van der Waals surface area contributed by atoms with Crippen molar-refractivity contribution in [1.29, 1.82) is 0 Å². The summed E-state index contributed by atoms with van der Waals surface area (Å²) in [7, 11) is 0. The monoisotopic (exact) mass is 174 g/mol. The van der Waals surface area contributed by atoms with E-state index in [1.54, 1.807) is 0 Å². The lowest BCUT2D eigenvalue weighted by Crippen LogP contribution is -2.06. The molecule has 0 saturated carbocycles. The van der Waals surface area contributed by atoms with E-state index in [-0.39, 0.29) is 0 Å². The first-order valence-electron chi connectivity index (χ1n) is 3.10. The maximum absolute atomic E-state index is 3.54. The Bertz CT molecular complexity index is 96.6. The number of alkyl halides is 1.